The summed E-state index contributed by atoms with van der Waals surface area (Å²) in [5, 5.41) is -0.346. The Morgan fingerprint density at radius 1 is 1.75 bits per heavy atom. The molecule has 6 heteroatoms. The summed E-state index contributed by atoms with van der Waals surface area (Å²) in [6.45, 7) is 3.55. The highest BCUT2D eigenvalue weighted by Gasteiger charge is 2.18. The van der Waals surface area contributed by atoms with Crippen LogP contribution in [-0.2, 0) is 4.79 Å². The van der Waals surface area contributed by atoms with E-state index in [1.807, 2.05) is 6.92 Å². The number of carbonyl (C=O) groups is 1. The fourth-order valence-electron chi connectivity index (χ4n) is 0.918. The van der Waals surface area contributed by atoms with E-state index in [4.69, 9.17) is 22.1 Å². The number of halogens is 2. The van der Waals surface area contributed by atoms with Gasteiger partial charge in [-0.2, -0.15) is 0 Å². The van der Waals surface area contributed by atoms with Crippen LogP contribution in [0.3, 0.4) is 0 Å². The van der Waals surface area contributed by atoms with Crippen molar-refractivity contribution in [1.82, 2.24) is 4.98 Å². The predicted octanol–water partition coefficient (Wildman–Crippen LogP) is 2.41. The molecule has 0 spiro atoms. The third-order valence-corrected chi connectivity index (χ3v) is 2.47. The van der Waals surface area contributed by atoms with Crippen LogP contribution in [0, 0.1) is 11.7 Å². The Kier molecular flexibility index (Phi) is 4.06. The second-order valence-corrected chi connectivity index (χ2v) is 3.73. The smallest absolute Gasteiger partial charge is 0.314 e. The molecule has 4 nitrogen and oxygen atoms in total. The lowest BCUT2D eigenvalue weighted by Gasteiger charge is -2.10. The second-order valence-electron chi connectivity index (χ2n) is 3.37. The number of ether oxygens (including phenoxy) is 1. The van der Waals surface area contributed by atoms with Crippen molar-refractivity contribution in [2.24, 2.45) is 5.92 Å². The average Bonchev–Trinajstić information content (AvgIpc) is 2.28. The van der Waals surface area contributed by atoms with Crippen molar-refractivity contribution >= 4 is 23.3 Å². The van der Waals surface area contributed by atoms with Gasteiger partial charge in [0.05, 0.1) is 12.1 Å². The molecule has 0 aliphatic carbocycles. The quantitative estimate of drug-likeness (QED) is 0.657. The lowest BCUT2D eigenvalue weighted by atomic mass is 10.1. The van der Waals surface area contributed by atoms with Gasteiger partial charge in [-0.15, -0.1) is 0 Å². The standard InChI is InChI=1S/C10H12ClFN2O2/c1-3-5(2)10(15)16-6-4-14-9(11)7(12)8(6)13/h4-5H,3H2,1-2H3,(H2,13,14). The normalized spacial score (nSPS) is 12.2. The summed E-state index contributed by atoms with van der Waals surface area (Å²) in [4.78, 5) is 14.9. The van der Waals surface area contributed by atoms with Crippen LogP contribution in [-0.4, -0.2) is 11.0 Å². The minimum atomic E-state index is -0.879. The molecular formula is C10H12ClFN2O2. The van der Waals surface area contributed by atoms with Crippen LogP contribution < -0.4 is 10.5 Å². The molecule has 0 fully saturated rings. The van der Waals surface area contributed by atoms with E-state index in [0.717, 1.165) is 6.20 Å². The Bertz CT molecular complexity index is 412. The molecule has 1 aromatic heterocycles. The van der Waals surface area contributed by atoms with Crippen molar-refractivity contribution in [1.29, 1.82) is 0 Å². The van der Waals surface area contributed by atoms with Crippen LogP contribution in [0.4, 0.5) is 10.1 Å². The third-order valence-electron chi connectivity index (χ3n) is 2.20. The van der Waals surface area contributed by atoms with Crippen LogP contribution in [0.5, 0.6) is 5.75 Å². The van der Waals surface area contributed by atoms with Gasteiger partial charge in [0, 0.05) is 0 Å². The van der Waals surface area contributed by atoms with Gasteiger partial charge in [0.1, 0.15) is 5.69 Å². The number of nitrogens with zero attached hydrogens (tertiary/aromatic N) is 1. The highest BCUT2D eigenvalue weighted by Crippen LogP contribution is 2.28. The lowest BCUT2D eigenvalue weighted by Crippen LogP contribution is -2.18. The average molecular weight is 247 g/mol. The van der Waals surface area contributed by atoms with Crippen LogP contribution in [0.25, 0.3) is 0 Å². The number of rotatable bonds is 3. The third kappa shape index (κ3) is 2.61. The maximum absolute atomic E-state index is 13.2. The van der Waals surface area contributed by atoms with Crippen LogP contribution >= 0.6 is 11.6 Å². The summed E-state index contributed by atoms with van der Waals surface area (Å²) in [7, 11) is 0. The van der Waals surface area contributed by atoms with E-state index in [9.17, 15) is 9.18 Å². The Hall–Kier alpha value is -1.36. The molecule has 0 saturated carbocycles. The van der Waals surface area contributed by atoms with Crippen LogP contribution in [0.2, 0.25) is 5.15 Å². The fourth-order valence-corrected chi connectivity index (χ4v) is 1.07. The number of anilines is 1. The molecule has 0 aromatic carbocycles. The molecule has 0 aliphatic heterocycles. The molecule has 0 radical (unpaired) electrons. The van der Waals surface area contributed by atoms with E-state index in [-0.39, 0.29) is 22.5 Å². The first kappa shape index (κ1) is 12.7. The van der Waals surface area contributed by atoms with Gasteiger partial charge in [0.15, 0.2) is 16.7 Å². The number of hydrogen-bond donors (Lipinski definition) is 1. The molecule has 88 valence electrons. The van der Waals surface area contributed by atoms with Gasteiger partial charge in [-0.25, -0.2) is 9.37 Å². The SMILES string of the molecule is CCC(C)C(=O)Oc1cnc(Cl)c(F)c1N. The number of nitrogen functional groups attached to an aromatic ring is 1. The molecule has 0 saturated heterocycles. The summed E-state index contributed by atoms with van der Waals surface area (Å²) in [5.74, 6) is -1.74. The highest BCUT2D eigenvalue weighted by molar-refractivity contribution is 6.29. The lowest BCUT2D eigenvalue weighted by molar-refractivity contribution is -0.138. The van der Waals surface area contributed by atoms with Gasteiger partial charge in [0.25, 0.3) is 0 Å². The molecule has 0 aliphatic rings. The first-order valence-electron chi connectivity index (χ1n) is 4.78. The highest BCUT2D eigenvalue weighted by atomic mass is 35.5. The summed E-state index contributed by atoms with van der Waals surface area (Å²) >= 11 is 5.41. The Labute approximate surface area is 97.6 Å². The molecule has 1 rings (SSSR count). The maximum atomic E-state index is 13.2. The first-order valence-corrected chi connectivity index (χ1v) is 5.16. The van der Waals surface area contributed by atoms with Crippen molar-refractivity contribution in [3.63, 3.8) is 0 Å². The van der Waals surface area contributed by atoms with Gasteiger partial charge in [-0.3, -0.25) is 4.79 Å². The Balaban J connectivity index is 2.91. The van der Waals surface area contributed by atoms with Gasteiger partial charge >= 0.3 is 5.97 Å². The van der Waals surface area contributed by atoms with Crippen molar-refractivity contribution in [2.75, 3.05) is 5.73 Å². The summed E-state index contributed by atoms with van der Waals surface area (Å²) in [5.41, 5.74) is 5.09. The molecule has 1 atom stereocenters. The predicted molar refractivity (Wildman–Crippen MR) is 58.7 cm³/mol. The van der Waals surface area contributed by atoms with Gasteiger partial charge in [-0.05, 0) is 6.42 Å². The largest absolute Gasteiger partial charge is 0.422 e. The van der Waals surface area contributed by atoms with E-state index in [1.165, 1.54) is 0 Å². The number of pyridine rings is 1. The van der Waals surface area contributed by atoms with E-state index < -0.39 is 11.8 Å². The molecule has 16 heavy (non-hydrogen) atoms. The molecule has 2 N–H and O–H groups in total. The monoisotopic (exact) mass is 246 g/mol. The van der Waals surface area contributed by atoms with Crippen LogP contribution in [0.1, 0.15) is 20.3 Å². The number of nitrogens with two attached hydrogens (primary N) is 1. The number of esters is 1. The van der Waals surface area contributed by atoms with E-state index in [2.05, 4.69) is 4.98 Å². The summed E-state index contributed by atoms with van der Waals surface area (Å²) in [6, 6.07) is 0. The molecule has 1 heterocycles. The van der Waals surface area contributed by atoms with E-state index >= 15 is 0 Å². The second kappa shape index (κ2) is 5.12. The topological polar surface area (TPSA) is 65.2 Å². The van der Waals surface area contributed by atoms with Crippen molar-refractivity contribution < 1.29 is 13.9 Å². The zero-order valence-corrected chi connectivity index (χ0v) is 9.71. The number of hydrogen-bond acceptors (Lipinski definition) is 4. The van der Waals surface area contributed by atoms with E-state index in [0.29, 0.717) is 6.42 Å². The summed E-state index contributed by atoms with van der Waals surface area (Å²) in [6.07, 6.45) is 1.75. The van der Waals surface area contributed by atoms with Crippen molar-refractivity contribution in [2.45, 2.75) is 20.3 Å². The summed E-state index contributed by atoms with van der Waals surface area (Å²) < 4.78 is 18.1. The van der Waals surface area contributed by atoms with Gasteiger partial charge in [0.2, 0.25) is 0 Å². The zero-order valence-electron chi connectivity index (χ0n) is 8.96. The van der Waals surface area contributed by atoms with Crippen LogP contribution in [0.15, 0.2) is 6.20 Å². The van der Waals surface area contributed by atoms with Crippen molar-refractivity contribution in [3.05, 3.63) is 17.2 Å². The van der Waals surface area contributed by atoms with Crippen molar-refractivity contribution in [3.8, 4) is 5.75 Å². The van der Waals surface area contributed by atoms with Gasteiger partial charge in [-0.1, -0.05) is 25.4 Å². The zero-order chi connectivity index (χ0) is 12.3. The Morgan fingerprint density at radius 3 is 2.94 bits per heavy atom. The molecule has 0 amide bonds. The molecule has 0 bridgehead atoms. The minimum absolute atomic E-state index is 0.104. The first-order chi connectivity index (χ1) is 7.47. The Morgan fingerprint density at radius 2 is 2.38 bits per heavy atom. The van der Waals surface area contributed by atoms with E-state index in [1.54, 1.807) is 6.92 Å². The number of aromatic nitrogens is 1. The molecule has 1 unspecified atom stereocenters. The molecule has 1 aromatic rings. The molecular weight excluding hydrogens is 235 g/mol. The van der Waals surface area contributed by atoms with Gasteiger partial charge < -0.3 is 10.5 Å². The minimum Gasteiger partial charge on any atom is -0.422 e. The number of carbonyl (C=O) groups excluding carboxylic acids is 1. The fraction of sp³-hybridized carbons (Fsp3) is 0.400. The maximum Gasteiger partial charge on any atom is 0.314 e.